The van der Waals surface area contributed by atoms with Gasteiger partial charge in [-0.25, -0.2) is 4.79 Å². The van der Waals surface area contributed by atoms with Gasteiger partial charge in [0.25, 0.3) is 0 Å². The van der Waals surface area contributed by atoms with Gasteiger partial charge in [-0.15, -0.1) is 0 Å². The molecule has 0 rings (SSSR count). The fraction of sp³-hybridized carbons (Fsp3) is 0. The van der Waals surface area contributed by atoms with Crippen LogP contribution >= 0.6 is 0 Å². The summed E-state index contributed by atoms with van der Waals surface area (Å²) in [7, 11) is 0. The van der Waals surface area contributed by atoms with Crippen LogP contribution in [0.25, 0.3) is 0 Å². The summed E-state index contributed by atoms with van der Waals surface area (Å²) in [6.07, 6.45) is -1.83. The van der Waals surface area contributed by atoms with Crippen molar-refractivity contribution < 1.29 is 15.0 Å². The molecule has 0 unspecified atom stereocenters. The summed E-state index contributed by atoms with van der Waals surface area (Å²) in [5.41, 5.74) is 0. The summed E-state index contributed by atoms with van der Waals surface area (Å²) < 4.78 is 0. The van der Waals surface area contributed by atoms with E-state index in [0.29, 0.717) is 0 Å². The summed E-state index contributed by atoms with van der Waals surface area (Å²) in [6.45, 7) is 0. The molecule has 0 saturated heterocycles. The van der Waals surface area contributed by atoms with Crippen LogP contribution in [0.5, 0.6) is 0 Å². The fourth-order valence-electron chi connectivity index (χ4n) is 0. The van der Waals surface area contributed by atoms with Gasteiger partial charge in [0, 0.05) is 48.9 Å². The van der Waals surface area contributed by atoms with Gasteiger partial charge in [-0.1, -0.05) is 0 Å². The second-order valence-electron chi connectivity index (χ2n) is 0.283. The van der Waals surface area contributed by atoms with Crippen molar-refractivity contribution in [1.82, 2.24) is 0 Å². The van der Waals surface area contributed by atoms with E-state index < -0.39 is 6.16 Å². The van der Waals surface area contributed by atoms with Crippen LogP contribution in [-0.2, 0) is 0 Å². The first-order valence-electron chi connectivity index (χ1n) is 0.651. The van der Waals surface area contributed by atoms with E-state index in [0.717, 1.165) is 0 Å². The molecule has 2 radical (unpaired) electrons. The van der Waals surface area contributed by atoms with E-state index in [1.807, 2.05) is 0 Å². The van der Waals surface area contributed by atoms with Crippen LogP contribution in [-0.4, -0.2) is 65.2 Å². The Labute approximate surface area is 69.1 Å². The predicted octanol–water partition coefficient (Wildman–Crippen LogP) is -0.158. The zero-order valence-electron chi connectivity index (χ0n) is 2.51. The molecular formula is CH2BaO3. The SMILES string of the molecule is O=[13C](O)O.[Ba]. The smallest absolute Gasteiger partial charge is 0.450 e. The Morgan fingerprint density at radius 3 is 1.40 bits per heavy atom. The van der Waals surface area contributed by atoms with E-state index in [-0.39, 0.29) is 48.9 Å². The van der Waals surface area contributed by atoms with E-state index >= 15 is 0 Å². The normalized spacial score (nSPS) is 4.80. The molecule has 0 aliphatic heterocycles. The van der Waals surface area contributed by atoms with E-state index in [9.17, 15) is 0 Å². The Morgan fingerprint density at radius 2 is 1.40 bits per heavy atom. The molecule has 0 heterocycles. The van der Waals surface area contributed by atoms with Gasteiger partial charge >= 0.3 is 6.16 Å². The minimum atomic E-state index is -1.83. The molecule has 0 aromatic heterocycles. The van der Waals surface area contributed by atoms with E-state index in [2.05, 4.69) is 0 Å². The van der Waals surface area contributed by atoms with Crippen LogP contribution in [0.3, 0.4) is 0 Å². The van der Waals surface area contributed by atoms with Crippen LogP contribution in [0.2, 0.25) is 0 Å². The summed E-state index contributed by atoms with van der Waals surface area (Å²) in [5, 5.41) is 13.9. The first-order valence-corrected chi connectivity index (χ1v) is 0.651. The van der Waals surface area contributed by atoms with Crippen molar-refractivity contribution in [3.8, 4) is 0 Å². The van der Waals surface area contributed by atoms with Crippen molar-refractivity contribution in [2.45, 2.75) is 0 Å². The molecule has 2 N–H and O–H groups in total. The molecule has 0 spiro atoms. The second kappa shape index (κ2) is 4.84. The van der Waals surface area contributed by atoms with Gasteiger partial charge in [0.1, 0.15) is 0 Å². The molecule has 0 aliphatic carbocycles. The quantitative estimate of drug-likeness (QED) is 0.422. The fourth-order valence-corrected chi connectivity index (χ4v) is 0. The third kappa shape index (κ3) is 55.2. The molecule has 0 fully saturated rings. The first-order chi connectivity index (χ1) is 1.73. The zero-order chi connectivity index (χ0) is 3.58. The van der Waals surface area contributed by atoms with Gasteiger partial charge in [-0.2, -0.15) is 0 Å². The van der Waals surface area contributed by atoms with Crippen LogP contribution < -0.4 is 0 Å². The molecule has 3 nitrogen and oxygen atoms in total. The van der Waals surface area contributed by atoms with Crippen molar-refractivity contribution in [2.24, 2.45) is 0 Å². The molecule has 0 atom stereocenters. The van der Waals surface area contributed by atoms with Gasteiger partial charge in [0.05, 0.1) is 0 Å². The third-order valence-electron chi connectivity index (χ3n) is 0. The Kier molecular flexibility index (Phi) is 8.98. The number of carbonyl (C=O) groups is 1. The molecular weight excluding hydrogens is 198 g/mol. The topological polar surface area (TPSA) is 57.5 Å². The maximum absolute atomic E-state index is 8.56. The van der Waals surface area contributed by atoms with Gasteiger partial charge in [0.2, 0.25) is 0 Å². The molecule has 5 heavy (non-hydrogen) atoms. The van der Waals surface area contributed by atoms with Gasteiger partial charge < -0.3 is 10.2 Å². The molecule has 0 amide bonds. The Bertz CT molecular complexity index is 29.9. The van der Waals surface area contributed by atoms with E-state index in [1.165, 1.54) is 0 Å². The van der Waals surface area contributed by atoms with Gasteiger partial charge in [-0.3, -0.25) is 0 Å². The second-order valence-corrected chi connectivity index (χ2v) is 0.283. The standard InChI is InChI=1S/CH2O3.Ba/c2-1(3)4;/h(H2,2,3,4);/i1+1;. The van der Waals surface area contributed by atoms with Crippen molar-refractivity contribution in [2.75, 3.05) is 0 Å². The summed E-state index contributed by atoms with van der Waals surface area (Å²) >= 11 is 0. The molecule has 0 aromatic rings. The molecule has 26 valence electrons. The Morgan fingerprint density at radius 1 is 1.40 bits per heavy atom. The van der Waals surface area contributed by atoms with Crippen LogP contribution in [0.15, 0.2) is 0 Å². The Balaban J connectivity index is 0. The van der Waals surface area contributed by atoms with Gasteiger partial charge in [0.15, 0.2) is 0 Å². The number of hydrogen-bond donors (Lipinski definition) is 2. The average molecular weight is 200 g/mol. The van der Waals surface area contributed by atoms with Gasteiger partial charge in [-0.05, 0) is 0 Å². The monoisotopic (exact) mass is 201 g/mol. The van der Waals surface area contributed by atoms with Crippen molar-refractivity contribution in [3.05, 3.63) is 0 Å². The molecule has 0 bridgehead atoms. The third-order valence-corrected chi connectivity index (χ3v) is 0. The van der Waals surface area contributed by atoms with Crippen molar-refractivity contribution in [3.63, 3.8) is 0 Å². The Hall–Kier alpha value is 0.841. The van der Waals surface area contributed by atoms with E-state index in [4.69, 9.17) is 15.0 Å². The number of rotatable bonds is 0. The molecule has 0 aliphatic rings. The van der Waals surface area contributed by atoms with Crippen LogP contribution in [0, 0.1) is 0 Å². The van der Waals surface area contributed by atoms with Crippen molar-refractivity contribution >= 4 is 55.0 Å². The number of carboxylic acid groups (broad SMARTS) is 2. The summed E-state index contributed by atoms with van der Waals surface area (Å²) in [4.78, 5) is 8.56. The largest absolute Gasteiger partial charge is 0.503 e. The molecule has 0 saturated carbocycles. The average Bonchev–Trinajstić information content (AvgIpc) is 0.811. The maximum Gasteiger partial charge on any atom is 0.503 e. The molecule has 0 aromatic carbocycles. The summed E-state index contributed by atoms with van der Waals surface area (Å²) in [6, 6.07) is 0. The van der Waals surface area contributed by atoms with E-state index in [1.54, 1.807) is 0 Å². The van der Waals surface area contributed by atoms with Crippen LogP contribution in [0.4, 0.5) is 4.79 Å². The van der Waals surface area contributed by atoms with Crippen LogP contribution in [0.1, 0.15) is 0 Å². The van der Waals surface area contributed by atoms with Crippen molar-refractivity contribution in [1.29, 1.82) is 0 Å². The minimum absolute atomic E-state index is 0. The number of hydrogen-bond acceptors (Lipinski definition) is 1. The summed E-state index contributed by atoms with van der Waals surface area (Å²) in [5.74, 6) is 0. The first kappa shape index (κ1) is 9.28. The molecule has 4 heteroatoms. The minimum Gasteiger partial charge on any atom is -0.450 e. The maximum atomic E-state index is 8.56. The predicted molar refractivity (Wildman–Crippen MR) is 16.4 cm³/mol. The zero-order valence-corrected chi connectivity index (χ0v) is 6.95.